The molecule has 0 bridgehead atoms. The molecule has 0 saturated carbocycles. The third-order valence-electron chi connectivity index (χ3n) is 5.72. The van der Waals surface area contributed by atoms with E-state index in [1.807, 2.05) is 32.0 Å². The number of aromatic nitrogens is 2. The van der Waals surface area contributed by atoms with Crippen LogP contribution >= 0.6 is 0 Å². The molecule has 0 fully saturated rings. The summed E-state index contributed by atoms with van der Waals surface area (Å²) < 4.78 is 12.1. The number of aryl methyl sites for hydroxylation is 2. The SMILES string of the molecule is Cc1cc(OCCCO[Si](C)(C)C(C)(C)C)ccc1Cc1c(C)nc(N)nc1O. The average Bonchev–Trinajstić information content (AvgIpc) is 2.58. The van der Waals surface area contributed by atoms with Gasteiger partial charge in [-0.25, -0.2) is 4.98 Å². The highest BCUT2D eigenvalue weighted by Gasteiger charge is 2.36. The first kappa shape index (κ1) is 23.2. The molecule has 6 nitrogen and oxygen atoms in total. The highest BCUT2D eigenvalue weighted by atomic mass is 28.4. The van der Waals surface area contributed by atoms with Gasteiger partial charge in [-0.15, -0.1) is 0 Å². The highest BCUT2D eigenvalue weighted by molar-refractivity contribution is 6.74. The number of hydrogen-bond acceptors (Lipinski definition) is 6. The third-order valence-corrected chi connectivity index (χ3v) is 10.3. The highest BCUT2D eigenvalue weighted by Crippen LogP contribution is 2.36. The molecule has 1 heterocycles. The molecule has 0 saturated heterocycles. The molecule has 3 N–H and O–H groups in total. The number of hydrogen-bond donors (Lipinski definition) is 2. The second-order valence-electron chi connectivity index (χ2n) is 9.05. The Balaban J connectivity index is 1.90. The van der Waals surface area contributed by atoms with E-state index in [0.717, 1.165) is 29.9 Å². The van der Waals surface area contributed by atoms with E-state index in [0.29, 0.717) is 24.3 Å². The summed E-state index contributed by atoms with van der Waals surface area (Å²) in [5.41, 5.74) is 9.14. The van der Waals surface area contributed by atoms with Gasteiger partial charge in [0.25, 0.3) is 0 Å². The Morgan fingerprint density at radius 1 is 1.10 bits per heavy atom. The Morgan fingerprint density at radius 3 is 2.38 bits per heavy atom. The summed E-state index contributed by atoms with van der Waals surface area (Å²) in [6, 6.07) is 6.00. The smallest absolute Gasteiger partial charge is 0.223 e. The largest absolute Gasteiger partial charge is 0.494 e. The van der Waals surface area contributed by atoms with Crippen molar-refractivity contribution in [2.75, 3.05) is 18.9 Å². The number of aromatic hydroxyl groups is 1. The van der Waals surface area contributed by atoms with Crippen molar-refractivity contribution in [1.29, 1.82) is 0 Å². The van der Waals surface area contributed by atoms with E-state index in [4.69, 9.17) is 14.9 Å². The third kappa shape index (κ3) is 6.18. The number of rotatable bonds is 8. The molecular weight excluding hydrogens is 382 g/mol. The van der Waals surface area contributed by atoms with Crippen LogP contribution in [0.2, 0.25) is 18.1 Å². The lowest BCUT2D eigenvalue weighted by Crippen LogP contribution is -2.41. The molecule has 2 aromatic rings. The van der Waals surface area contributed by atoms with E-state index in [1.165, 1.54) is 0 Å². The van der Waals surface area contributed by atoms with Crippen molar-refractivity contribution in [1.82, 2.24) is 9.97 Å². The number of anilines is 1. The predicted octanol–water partition coefficient (Wildman–Crippen LogP) is 4.76. The summed E-state index contributed by atoms with van der Waals surface area (Å²) in [6.07, 6.45) is 1.41. The van der Waals surface area contributed by atoms with E-state index < -0.39 is 8.32 Å². The Hall–Kier alpha value is -2.12. The van der Waals surface area contributed by atoms with Gasteiger partial charge in [-0.05, 0) is 55.2 Å². The maximum absolute atomic E-state index is 10.1. The lowest BCUT2D eigenvalue weighted by atomic mass is 10.00. The average molecular weight is 418 g/mol. The topological polar surface area (TPSA) is 90.5 Å². The molecule has 0 amide bonds. The van der Waals surface area contributed by atoms with Crippen molar-refractivity contribution >= 4 is 14.3 Å². The number of ether oxygens (including phenoxy) is 1. The number of nitrogen functional groups attached to an aromatic ring is 1. The van der Waals surface area contributed by atoms with Crippen LogP contribution in [0.1, 0.15) is 49.6 Å². The molecule has 0 unspecified atom stereocenters. The molecule has 0 radical (unpaired) electrons. The van der Waals surface area contributed by atoms with Crippen LogP contribution in [-0.4, -0.2) is 36.6 Å². The normalized spacial score (nSPS) is 12.2. The van der Waals surface area contributed by atoms with E-state index in [-0.39, 0.29) is 16.9 Å². The molecule has 1 aromatic heterocycles. The Kier molecular flexibility index (Phi) is 7.29. The van der Waals surface area contributed by atoms with Gasteiger partial charge in [0, 0.05) is 25.0 Å². The van der Waals surface area contributed by atoms with E-state index in [2.05, 4.69) is 43.8 Å². The zero-order valence-electron chi connectivity index (χ0n) is 18.8. The fourth-order valence-corrected chi connectivity index (χ4v) is 3.84. The maximum atomic E-state index is 10.1. The first-order valence-electron chi connectivity index (χ1n) is 10.1. The number of benzene rings is 1. The van der Waals surface area contributed by atoms with Crippen molar-refractivity contribution in [2.45, 2.75) is 65.6 Å². The predicted molar refractivity (Wildman–Crippen MR) is 120 cm³/mol. The van der Waals surface area contributed by atoms with Gasteiger partial charge in [-0.3, -0.25) is 0 Å². The quantitative estimate of drug-likeness (QED) is 0.475. The van der Waals surface area contributed by atoms with Crippen LogP contribution < -0.4 is 10.5 Å². The zero-order chi connectivity index (χ0) is 21.8. The fraction of sp³-hybridized carbons (Fsp3) is 0.545. The van der Waals surface area contributed by atoms with Crippen molar-refractivity contribution in [3.05, 3.63) is 40.6 Å². The Labute approximate surface area is 175 Å². The Bertz CT molecular complexity index is 825. The molecule has 0 spiro atoms. The van der Waals surface area contributed by atoms with Gasteiger partial charge in [0.2, 0.25) is 11.8 Å². The molecular formula is C22H35N3O3Si. The summed E-state index contributed by atoms with van der Waals surface area (Å²) in [5.74, 6) is 0.867. The maximum Gasteiger partial charge on any atom is 0.223 e. The lowest BCUT2D eigenvalue weighted by Gasteiger charge is -2.36. The monoisotopic (exact) mass is 417 g/mol. The van der Waals surface area contributed by atoms with Crippen LogP contribution in [0.3, 0.4) is 0 Å². The molecule has 0 atom stereocenters. The molecule has 29 heavy (non-hydrogen) atoms. The summed E-state index contributed by atoms with van der Waals surface area (Å²) in [5, 5.41) is 10.3. The van der Waals surface area contributed by atoms with Crippen LogP contribution in [0.25, 0.3) is 0 Å². The minimum absolute atomic E-state index is 0.0588. The first-order chi connectivity index (χ1) is 13.4. The van der Waals surface area contributed by atoms with E-state index >= 15 is 0 Å². The van der Waals surface area contributed by atoms with Crippen LogP contribution in [0.15, 0.2) is 18.2 Å². The molecule has 160 valence electrons. The van der Waals surface area contributed by atoms with Crippen molar-refractivity contribution in [2.24, 2.45) is 0 Å². The summed E-state index contributed by atoms with van der Waals surface area (Å²) in [4.78, 5) is 8.00. The summed E-state index contributed by atoms with van der Waals surface area (Å²) in [7, 11) is -1.69. The van der Waals surface area contributed by atoms with Crippen molar-refractivity contribution < 1.29 is 14.3 Å². The summed E-state index contributed by atoms with van der Waals surface area (Å²) >= 11 is 0. The Morgan fingerprint density at radius 2 is 1.79 bits per heavy atom. The van der Waals surface area contributed by atoms with Gasteiger partial charge in [-0.2, -0.15) is 4.98 Å². The molecule has 7 heteroatoms. The van der Waals surface area contributed by atoms with Gasteiger partial charge in [-0.1, -0.05) is 26.8 Å². The molecule has 1 aromatic carbocycles. The van der Waals surface area contributed by atoms with Gasteiger partial charge in [0.1, 0.15) is 5.75 Å². The van der Waals surface area contributed by atoms with Gasteiger partial charge in [0.05, 0.1) is 12.3 Å². The molecule has 0 aliphatic carbocycles. The number of nitrogens with zero attached hydrogens (tertiary/aromatic N) is 2. The standard InChI is InChI=1S/C22H35N3O3Si/c1-15-13-18(27-11-8-12-28-29(6,7)22(3,4)5)10-9-17(15)14-19-16(2)24-21(23)25-20(19)26/h9-10,13H,8,11-12,14H2,1-7H3,(H3,23,24,25,26). The lowest BCUT2D eigenvalue weighted by molar-refractivity contribution is 0.233. The zero-order valence-corrected chi connectivity index (χ0v) is 19.8. The van der Waals surface area contributed by atoms with Crippen molar-refractivity contribution in [3.8, 4) is 11.6 Å². The minimum Gasteiger partial charge on any atom is -0.494 e. The molecule has 2 rings (SSSR count). The number of nitrogens with two attached hydrogens (primary N) is 1. The molecule has 0 aliphatic heterocycles. The van der Waals surface area contributed by atoms with Gasteiger partial charge < -0.3 is 20.0 Å². The van der Waals surface area contributed by atoms with E-state index in [1.54, 1.807) is 0 Å². The second kappa shape index (κ2) is 9.13. The van der Waals surface area contributed by atoms with Crippen LogP contribution in [0.5, 0.6) is 11.6 Å². The van der Waals surface area contributed by atoms with E-state index in [9.17, 15) is 5.11 Å². The van der Waals surface area contributed by atoms with Crippen molar-refractivity contribution in [3.63, 3.8) is 0 Å². The van der Waals surface area contributed by atoms with Crippen LogP contribution in [0.4, 0.5) is 5.95 Å². The second-order valence-corrected chi connectivity index (χ2v) is 13.9. The first-order valence-corrected chi connectivity index (χ1v) is 13.0. The molecule has 0 aliphatic rings. The fourth-order valence-electron chi connectivity index (χ4n) is 2.75. The summed E-state index contributed by atoms with van der Waals surface area (Å²) in [6.45, 7) is 16.5. The van der Waals surface area contributed by atoms with Crippen LogP contribution in [-0.2, 0) is 10.8 Å². The minimum atomic E-state index is -1.69. The van der Waals surface area contributed by atoms with Crippen LogP contribution in [0, 0.1) is 13.8 Å². The van der Waals surface area contributed by atoms with Gasteiger partial charge in [0.15, 0.2) is 8.32 Å². The van der Waals surface area contributed by atoms with Gasteiger partial charge >= 0.3 is 0 Å².